The van der Waals surface area contributed by atoms with Crippen LogP contribution in [0, 0.1) is 13.8 Å². The molecular weight excluding hydrogens is 287 g/mol. The topological polar surface area (TPSA) is 55.3 Å². The summed E-state index contributed by atoms with van der Waals surface area (Å²) >= 11 is 0. The SMILES string of the molecule is Cc1cc(C)nc(O[C@H]2CCN(C(=O)CC(F)(F)F)C2)n1. The zero-order valence-corrected chi connectivity index (χ0v) is 11.8. The molecule has 116 valence electrons. The number of rotatable bonds is 3. The number of nitrogens with zero attached hydrogens (tertiary/aromatic N) is 3. The van der Waals surface area contributed by atoms with Gasteiger partial charge in [-0.25, -0.2) is 9.97 Å². The van der Waals surface area contributed by atoms with Gasteiger partial charge in [-0.3, -0.25) is 4.79 Å². The quantitative estimate of drug-likeness (QED) is 0.857. The molecule has 0 spiro atoms. The smallest absolute Gasteiger partial charge is 0.397 e. The summed E-state index contributed by atoms with van der Waals surface area (Å²) in [6, 6.07) is 1.99. The van der Waals surface area contributed by atoms with E-state index in [0.29, 0.717) is 6.42 Å². The lowest BCUT2D eigenvalue weighted by Crippen LogP contribution is -2.34. The van der Waals surface area contributed by atoms with Gasteiger partial charge in [-0.2, -0.15) is 13.2 Å². The number of hydrogen-bond donors (Lipinski definition) is 0. The largest absolute Gasteiger partial charge is 0.458 e. The van der Waals surface area contributed by atoms with Crippen molar-refractivity contribution in [1.29, 1.82) is 0 Å². The molecule has 2 rings (SSSR count). The van der Waals surface area contributed by atoms with Gasteiger partial charge in [0, 0.05) is 24.4 Å². The number of aryl methyl sites for hydroxylation is 2. The van der Waals surface area contributed by atoms with Crippen LogP contribution in [0.1, 0.15) is 24.2 Å². The molecule has 0 aliphatic carbocycles. The molecule has 8 heteroatoms. The lowest BCUT2D eigenvalue weighted by atomic mass is 10.3. The van der Waals surface area contributed by atoms with Crippen LogP contribution in [0.3, 0.4) is 0 Å². The van der Waals surface area contributed by atoms with Crippen molar-refractivity contribution in [2.45, 2.75) is 39.0 Å². The molecule has 0 bridgehead atoms. The minimum absolute atomic E-state index is 0.130. The molecule has 1 saturated heterocycles. The van der Waals surface area contributed by atoms with E-state index in [1.165, 1.54) is 4.90 Å². The number of hydrogen-bond acceptors (Lipinski definition) is 4. The van der Waals surface area contributed by atoms with E-state index in [1.807, 2.05) is 0 Å². The molecular formula is C13H16F3N3O2. The van der Waals surface area contributed by atoms with Crippen LogP contribution in [-0.2, 0) is 4.79 Å². The van der Waals surface area contributed by atoms with Crippen LogP contribution in [0.2, 0.25) is 0 Å². The van der Waals surface area contributed by atoms with Gasteiger partial charge in [0.25, 0.3) is 0 Å². The summed E-state index contributed by atoms with van der Waals surface area (Å²) in [5.41, 5.74) is 1.50. The van der Waals surface area contributed by atoms with Gasteiger partial charge >= 0.3 is 12.2 Å². The van der Waals surface area contributed by atoms with Crippen LogP contribution < -0.4 is 4.74 Å². The highest BCUT2D eigenvalue weighted by Gasteiger charge is 2.36. The van der Waals surface area contributed by atoms with Crippen molar-refractivity contribution in [3.63, 3.8) is 0 Å². The second kappa shape index (κ2) is 5.87. The number of amides is 1. The standard InChI is InChI=1S/C13H16F3N3O2/c1-8-5-9(2)18-12(17-8)21-10-3-4-19(7-10)11(20)6-13(14,15)16/h5,10H,3-4,6-7H2,1-2H3/t10-/m0/s1. The van der Waals surface area contributed by atoms with E-state index in [2.05, 4.69) is 9.97 Å². The summed E-state index contributed by atoms with van der Waals surface area (Å²) in [7, 11) is 0. The third-order valence-electron chi connectivity index (χ3n) is 3.08. The van der Waals surface area contributed by atoms with Crippen LogP contribution >= 0.6 is 0 Å². The predicted molar refractivity (Wildman–Crippen MR) is 67.8 cm³/mol. The Bertz CT molecular complexity index is 514. The molecule has 0 aromatic carbocycles. The fourth-order valence-corrected chi connectivity index (χ4v) is 2.23. The van der Waals surface area contributed by atoms with Crippen LogP contribution in [-0.4, -0.2) is 46.1 Å². The van der Waals surface area contributed by atoms with Crippen molar-refractivity contribution < 1.29 is 22.7 Å². The molecule has 0 unspecified atom stereocenters. The van der Waals surface area contributed by atoms with Gasteiger partial charge in [0.1, 0.15) is 12.5 Å². The molecule has 1 aliphatic rings. The summed E-state index contributed by atoms with van der Waals surface area (Å²) < 4.78 is 42.1. The van der Waals surface area contributed by atoms with Crippen molar-refractivity contribution in [2.24, 2.45) is 0 Å². The van der Waals surface area contributed by atoms with Crippen molar-refractivity contribution >= 4 is 5.91 Å². The molecule has 1 aromatic rings. The van der Waals surface area contributed by atoms with Crippen LogP contribution in [0.25, 0.3) is 0 Å². The summed E-state index contributed by atoms with van der Waals surface area (Å²) in [5.74, 6) is -0.921. The number of carbonyl (C=O) groups is 1. The Hall–Kier alpha value is -1.86. The van der Waals surface area contributed by atoms with Gasteiger partial charge in [-0.05, 0) is 19.9 Å². The monoisotopic (exact) mass is 303 g/mol. The third kappa shape index (κ3) is 4.57. The molecule has 0 radical (unpaired) electrons. The van der Waals surface area contributed by atoms with Gasteiger partial charge in [0.2, 0.25) is 5.91 Å². The van der Waals surface area contributed by atoms with E-state index >= 15 is 0 Å². The second-order valence-corrected chi connectivity index (χ2v) is 5.09. The summed E-state index contributed by atoms with van der Waals surface area (Å²) in [6.07, 6.45) is -5.81. The Labute approximate surface area is 120 Å². The zero-order chi connectivity index (χ0) is 15.6. The van der Waals surface area contributed by atoms with E-state index in [1.54, 1.807) is 19.9 Å². The molecule has 21 heavy (non-hydrogen) atoms. The molecule has 0 saturated carbocycles. The summed E-state index contributed by atoms with van der Waals surface area (Å²) in [6.45, 7) is 3.99. The van der Waals surface area contributed by atoms with Crippen molar-refractivity contribution in [2.75, 3.05) is 13.1 Å². The molecule has 1 fully saturated rings. The van der Waals surface area contributed by atoms with E-state index in [-0.39, 0.29) is 25.2 Å². The number of likely N-dealkylation sites (tertiary alicyclic amines) is 1. The lowest BCUT2D eigenvalue weighted by molar-refractivity contribution is -0.160. The molecule has 5 nitrogen and oxygen atoms in total. The minimum Gasteiger partial charge on any atom is -0.458 e. The van der Waals surface area contributed by atoms with Crippen molar-refractivity contribution in [3.8, 4) is 6.01 Å². The molecule has 1 amide bonds. The second-order valence-electron chi connectivity index (χ2n) is 5.09. The Kier molecular flexibility index (Phi) is 4.34. The normalized spacial score (nSPS) is 18.9. The Morgan fingerprint density at radius 3 is 2.57 bits per heavy atom. The highest BCUT2D eigenvalue weighted by atomic mass is 19.4. The van der Waals surface area contributed by atoms with Gasteiger partial charge in [-0.15, -0.1) is 0 Å². The van der Waals surface area contributed by atoms with Crippen molar-refractivity contribution in [1.82, 2.24) is 14.9 Å². The average Bonchev–Trinajstić information content (AvgIpc) is 2.73. The van der Waals surface area contributed by atoms with Crippen LogP contribution in [0.15, 0.2) is 6.07 Å². The number of carbonyl (C=O) groups excluding carboxylic acids is 1. The molecule has 2 heterocycles. The maximum Gasteiger partial charge on any atom is 0.397 e. The first-order chi connectivity index (χ1) is 9.73. The van der Waals surface area contributed by atoms with E-state index in [9.17, 15) is 18.0 Å². The highest BCUT2D eigenvalue weighted by molar-refractivity contribution is 5.77. The first-order valence-electron chi connectivity index (χ1n) is 6.56. The minimum atomic E-state index is -4.48. The third-order valence-corrected chi connectivity index (χ3v) is 3.08. The zero-order valence-electron chi connectivity index (χ0n) is 11.8. The van der Waals surface area contributed by atoms with Gasteiger partial charge < -0.3 is 9.64 Å². The Morgan fingerprint density at radius 1 is 1.38 bits per heavy atom. The van der Waals surface area contributed by atoms with Gasteiger partial charge in [-0.1, -0.05) is 0 Å². The highest BCUT2D eigenvalue weighted by Crippen LogP contribution is 2.23. The molecule has 0 N–H and O–H groups in total. The van der Waals surface area contributed by atoms with Crippen LogP contribution in [0.5, 0.6) is 6.01 Å². The summed E-state index contributed by atoms with van der Waals surface area (Å²) in [4.78, 5) is 20.9. The first kappa shape index (κ1) is 15.5. The fourth-order valence-electron chi connectivity index (χ4n) is 2.23. The maximum atomic E-state index is 12.2. The molecule has 1 aliphatic heterocycles. The maximum absolute atomic E-state index is 12.2. The Balaban J connectivity index is 1.92. The number of alkyl halides is 3. The fraction of sp³-hybridized carbons (Fsp3) is 0.615. The number of halogens is 3. The summed E-state index contributed by atoms with van der Waals surface area (Å²) in [5, 5.41) is 0. The molecule has 1 aromatic heterocycles. The van der Waals surface area contributed by atoms with E-state index in [4.69, 9.17) is 4.74 Å². The number of ether oxygens (including phenoxy) is 1. The predicted octanol–water partition coefficient (Wildman–Crippen LogP) is 2.03. The number of aromatic nitrogens is 2. The van der Waals surface area contributed by atoms with E-state index < -0.39 is 18.5 Å². The van der Waals surface area contributed by atoms with Gasteiger partial charge in [0.05, 0.1) is 6.54 Å². The van der Waals surface area contributed by atoms with E-state index in [0.717, 1.165) is 11.4 Å². The Morgan fingerprint density at radius 2 is 2.00 bits per heavy atom. The van der Waals surface area contributed by atoms with Gasteiger partial charge in [0.15, 0.2) is 0 Å². The average molecular weight is 303 g/mol. The lowest BCUT2D eigenvalue weighted by Gasteiger charge is -2.17. The van der Waals surface area contributed by atoms with Crippen LogP contribution in [0.4, 0.5) is 13.2 Å². The first-order valence-corrected chi connectivity index (χ1v) is 6.56. The molecule has 1 atom stereocenters. The van der Waals surface area contributed by atoms with Crippen molar-refractivity contribution in [3.05, 3.63) is 17.5 Å².